The van der Waals surface area contributed by atoms with Gasteiger partial charge in [-0.05, 0) is 13.0 Å². The highest BCUT2D eigenvalue weighted by Gasteiger charge is 2.19. The fourth-order valence-electron chi connectivity index (χ4n) is 1.54. The lowest BCUT2D eigenvalue weighted by Crippen LogP contribution is -2.48. The summed E-state index contributed by atoms with van der Waals surface area (Å²) in [6.07, 6.45) is 2.01. The van der Waals surface area contributed by atoms with Crippen LogP contribution in [-0.2, 0) is 9.59 Å². The summed E-state index contributed by atoms with van der Waals surface area (Å²) in [5.41, 5.74) is 10.5. The third-order valence-electron chi connectivity index (χ3n) is 2.56. The molecule has 7 heteroatoms. The number of hydrogen-bond acceptors (Lipinski definition) is 5. The second-order valence-corrected chi connectivity index (χ2v) is 4.36. The number of primary amides is 1. The van der Waals surface area contributed by atoms with E-state index in [-0.39, 0.29) is 12.3 Å². The van der Waals surface area contributed by atoms with E-state index in [0.717, 1.165) is 19.4 Å². The van der Waals surface area contributed by atoms with Gasteiger partial charge in [-0.25, -0.2) is 0 Å². The van der Waals surface area contributed by atoms with E-state index in [9.17, 15) is 9.59 Å². The summed E-state index contributed by atoms with van der Waals surface area (Å²) in [7, 11) is 0. The maximum atomic E-state index is 11.9. The topological polar surface area (TPSA) is 122 Å². The Morgan fingerprint density at radius 1 is 1.16 bits per heavy atom. The molecule has 0 aromatic rings. The molecule has 0 spiro atoms. The molecule has 0 aliphatic rings. The van der Waals surface area contributed by atoms with Crippen LogP contribution in [0, 0.1) is 0 Å². The first-order chi connectivity index (χ1) is 9.11. The van der Waals surface area contributed by atoms with Crippen LogP contribution in [0.25, 0.3) is 0 Å². The number of carbonyl (C=O) groups is 2. The Kier molecular flexibility index (Phi) is 11.1. The highest BCUT2D eigenvalue weighted by atomic mass is 16.2. The Hall–Kier alpha value is -1.18. The van der Waals surface area contributed by atoms with Crippen molar-refractivity contribution in [3.8, 4) is 0 Å². The van der Waals surface area contributed by atoms with Crippen LogP contribution >= 0.6 is 0 Å². The fourth-order valence-corrected chi connectivity index (χ4v) is 1.54. The van der Waals surface area contributed by atoms with Crippen LogP contribution in [0.3, 0.4) is 0 Å². The van der Waals surface area contributed by atoms with Gasteiger partial charge in [0, 0.05) is 26.2 Å². The molecule has 7 N–H and O–H groups in total. The van der Waals surface area contributed by atoms with Crippen molar-refractivity contribution >= 4 is 11.8 Å². The van der Waals surface area contributed by atoms with Crippen molar-refractivity contribution in [1.29, 1.82) is 0 Å². The molecule has 0 aliphatic heterocycles. The number of carbonyl (C=O) groups excluding carboxylic acids is 2. The predicted molar refractivity (Wildman–Crippen MR) is 75.4 cm³/mol. The molecule has 0 saturated carbocycles. The van der Waals surface area contributed by atoms with E-state index >= 15 is 0 Å². The first kappa shape index (κ1) is 17.8. The molecule has 0 saturated heterocycles. The molecule has 19 heavy (non-hydrogen) atoms. The van der Waals surface area contributed by atoms with Crippen molar-refractivity contribution in [2.45, 2.75) is 32.2 Å². The molecule has 0 radical (unpaired) electrons. The number of unbranched alkanes of at least 4 members (excludes halogenated alkanes) is 1. The quantitative estimate of drug-likeness (QED) is 0.271. The molecule has 0 heterocycles. The van der Waals surface area contributed by atoms with Crippen LogP contribution in [0.4, 0.5) is 0 Å². The molecular formula is C12H27N5O2. The molecule has 0 bridgehead atoms. The molecule has 2 amide bonds. The Morgan fingerprint density at radius 3 is 2.47 bits per heavy atom. The van der Waals surface area contributed by atoms with Crippen molar-refractivity contribution in [2.24, 2.45) is 11.5 Å². The second kappa shape index (κ2) is 11.9. The van der Waals surface area contributed by atoms with Crippen LogP contribution < -0.4 is 27.4 Å². The van der Waals surface area contributed by atoms with Gasteiger partial charge in [-0.3, -0.25) is 9.59 Å². The van der Waals surface area contributed by atoms with Gasteiger partial charge in [-0.1, -0.05) is 13.3 Å². The summed E-state index contributed by atoms with van der Waals surface area (Å²) < 4.78 is 0. The maximum Gasteiger partial charge on any atom is 0.237 e. The molecule has 1 atom stereocenters. The third kappa shape index (κ3) is 10.4. The fraction of sp³-hybridized carbons (Fsp3) is 0.833. The Morgan fingerprint density at radius 2 is 1.89 bits per heavy atom. The smallest absolute Gasteiger partial charge is 0.237 e. The zero-order chi connectivity index (χ0) is 14.5. The Bertz CT molecular complexity index is 261. The lowest BCUT2D eigenvalue weighted by molar-refractivity contribution is -0.127. The number of nitrogens with one attached hydrogen (secondary N) is 3. The van der Waals surface area contributed by atoms with Crippen molar-refractivity contribution in [3.63, 3.8) is 0 Å². The van der Waals surface area contributed by atoms with Crippen molar-refractivity contribution in [1.82, 2.24) is 16.0 Å². The summed E-state index contributed by atoms with van der Waals surface area (Å²) in [6.45, 7) is 5.21. The van der Waals surface area contributed by atoms with Gasteiger partial charge in [0.05, 0.1) is 12.5 Å². The summed E-state index contributed by atoms with van der Waals surface area (Å²) in [6, 6.07) is -0.543. The van der Waals surface area contributed by atoms with Crippen LogP contribution in [0.15, 0.2) is 0 Å². The lowest BCUT2D eigenvalue weighted by Gasteiger charge is -2.17. The Balaban J connectivity index is 3.96. The van der Waals surface area contributed by atoms with Gasteiger partial charge >= 0.3 is 0 Å². The largest absolute Gasteiger partial charge is 0.370 e. The average Bonchev–Trinajstić information content (AvgIpc) is 2.37. The minimum Gasteiger partial charge on any atom is -0.370 e. The summed E-state index contributed by atoms with van der Waals surface area (Å²) in [5, 5.41) is 8.88. The minimum absolute atomic E-state index is 0.0196. The second-order valence-electron chi connectivity index (χ2n) is 4.36. The normalized spacial score (nSPS) is 12.1. The van der Waals surface area contributed by atoms with E-state index in [0.29, 0.717) is 26.2 Å². The van der Waals surface area contributed by atoms with Gasteiger partial charge in [0.2, 0.25) is 11.8 Å². The van der Waals surface area contributed by atoms with Crippen molar-refractivity contribution in [3.05, 3.63) is 0 Å². The molecule has 0 fully saturated rings. The standard InChI is InChI=1S/C12H27N5O2/c1-2-3-5-16-10(9-11(14)18)12(19)17-8-7-15-6-4-13/h10,15-16H,2-9,13H2,1H3,(H2,14,18)(H,17,19)/t10-/m0/s1. The maximum absolute atomic E-state index is 11.9. The van der Waals surface area contributed by atoms with E-state index < -0.39 is 11.9 Å². The van der Waals surface area contributed by atoms with Gasteiger partial charge in [-0.2, -0.15) is 0 Å². The molecule has 0 unspecified atom stereocenters. The van der Waals surface area contributed by atoms with Gasteiger partial charge in [0.1, 0.15) is 0 Å². The van der Waals surface area contributed by atoms with E-state index in [1.54, 1.807) is 0 Å². The van der Waals surface area contributed by atoms with Crippen molar-refractivity contribution in [2.75, 3.05) is 32.7 Å². The lowest BCUT2D eigenvalue weighted by atomic mass is 10.1. The average molecular weight is 273 g/mol. The first-order valence-corrected chi connectivity index (χ1v) is 6.82. The van der Waals surface area contributed by atoms with E-state index in [1.165, 1.54) is 0 Å². The SMILES string of the molecule is CCCCN[C@@H](CC(N)=O)C(=O)NCCNCCN. The minimum atomic E-state index is -0.543. The number of rotatable bonds is 12. The third-order valence-corrected chi connectivity index (χ3v) is 2.56. The number of hydrogen-bond donors (Lipinski definition) is 5. The summed E-state index contributed by atoms with van der Waals surface area (Å²) >= 11 is 0. The van der Waals surface area contributed by atoms with Crippen LogP contribution in [0.1, 0.15) is 26.2 Å². The molecule has 0 aromatic heterocycles. The zero-order valence-electron chi connectivity index (χ0n) is 11.7. The monoisotopic (exact) mass is 273 g/mol. The van der Waals surface area contributed by atoms with Crippen LogP contribution in [-0.4, -0.2) is 50.6 Å². The molecule has 112 valence electrons. The van der Waals surface area contributed by atoms with Crippen LogP contribution in [0.5, 0.6) is 0 Å². The number of amides is 2. The highest BCUT2D eigenvalue weighted by molar-refractivity contribution is 5.87. The molecule has 0 aliphatic carbocycles. The number of nitrogens with two attached hydrogens (primary N) is 2. The summed E-state index contributed by atoms with van der Waals surface area (Å²) in [4.78, 5) is 22.8. The van der Waals surface area contributed by atoms with Gasteiger partial charge in [0.25, 0.3) is 0 Å². The van der Waals surface area contributed by atoms with Crippen molar-refractivity contribution < 1.29 is 9.59 Å². The van der Waals surface area contributed by atoms with E-state index in [2.05, 4.69) is 22.9 Å². The van der Waals surface area contributed by atoms with Gasteiger partial charge in [0.15, 0.2) is 0 Å². The van der Waals surface area contributed by atoms with E-state index in [1.807, 2.05) is 0 Å². The zero-order valence-corrected chi connectivity index (χ0v) is 11.7. The molecular weight excluding hydrogens is 246 g/mol. The molecule has 0 rings (SSSR count). The van der Waals surface area contributed by atoms with E-state index in [4.69, 9.17) is 11.5 Å². The van der Waals surface area contributed by atoms with Gasteiger partial charge < -0.3 is 27.4 Å². The first-order valence-electron chi connectivity index (χ1n) is 6.82. The van der Waals surface area contributed by atoms with Gasteiger partial charge in [-0.15, -0.1) is 0 Å². The predicted octanol–water partition coefficient (Wildman–Crippen LogP) is -1.72. The molecule has 7 nitrogen and oxygen atoms in total. The van der Waals surface area contributed by atoms with Crippen LogP contribution in [0.2, 0.25) is 0 Å². The highest BCUT2D eigenvalue weighted by Crippen LogP contribution is 1.93. The molecule has 0 aromatic carbocycles. The summed E-state index contributed by atoms with van der Waals surface area (Å²) in [5.74, 6) is -0.671. The Labute approximate surface area is 114 Å².